The number of hydrogen-bond donors (Lipinski definition) is 0. The molecule has 1 nitrogen and oxygen atoms in total. The molecule has 2 heteroatoms. The van der Waals surface area contributed by atoms with Crippen LogP contribution in [0.1, 0.15) is 12.8 Å². The maximum Gasteiger partial charge on any atom is 0.0969 e. The maximum atomic E-state index is 3.74. The minimum atomic E-state index is 0. The van der Waals surface area contributed by atoms with Crippen molar-refractivity contribution in [2.75, 3.05) is 20.6 Å². The Hall–Kier alpha value is 0.180. The van der Waals surface area contributed by atoms with Gasteiger partial charge in [0.2, 0.25) is 0 Å². The molecule has 0 N–H and O–H groups in total. The molecule has 0 amide bonds. The smallest absolute Gasteiger partial charge is 0.0969 e. The highest BCUT2D eigenvalue weighted by Gasteiger charge is 2.36. The van der Waals surface area contributed by atoms with E-state index in [-0.39, 0.29) is 17.0 Å². The zero-order chi connectivity index (χ0) is 6.91. The molecule has 0 aromatic heterocycles. The average Bonchev–Trinajstić information content (AvgIpc) is 2.41. The molecule has 1 saturated carbocycles. The van der Waals surface area contributed by atoms with Crippen molar-refractivity contribution in [1.29, 1.82) is 0 Å². The van der Waals surface area contributed by atoms with Crippen LogP contribution < -0.4 is 17.0 Å². The minimum Gasteiger partial charge on any atom is -1.00 e. The topological polar surface area (TPSA) is 0 Å². The van der Waals surface area contributed by atoms with Crippen molar-refractivity contribution in [2.45, 2.75) is 18.9 Å². The number of rotatable bonds is 3. The Labute approximate surface area is 74.1 Å². The van der Waals surface area contributed by atoms with E-state index in [1.165, 1.54) is 12.8 Å². The second-order valence-corrected chi connectivity index (χ2v) is 3.48. The van der Waals surface area contributed by atoms with Crippen LogP contribution in [0, 0.1) is 0 Å². The Bertz CT molecular complexity index is 116. The fourth-order valence-corrected chi connectivity index (χ4v) is 1.26. The van der Waals surface area contributed by atoms with Gasteiger partial charge < -0.3 is 21.5 Å². The molecule has 0 aromatic rings. The lowest BCUT2D eigenvalue weighted by molar-refractivity contribution is -0.895. The predicted octanol–water partition coefficient (Wildman–Crippen LogP) is -1.58. The van der Waals surface area contributed by atoms with E-state index in [1.54, 1.807) is 0 Å². The third kappa shape index (κ3) is 2.43. The maximum absolute atomic E-state index is 3.74. The number of quaternary nitrogens is 1. The molecule has 1 aliphatic carbocycles. The molecule has 10 heavy (non-hydrogen) atoms. The highest BCUT2D eigenvalue weighted by atomic mass is 79.9. The quantitative estimate of drug-likeness (QED) is 0.386. The van der Waals surface area contributed by atoms with Crippen LogP contribution in [0.25, 0.3) is 0 Å². The van der Waals surface area contributed by atoms with Crippen LogP contribution in [0.3, 0.4) is 0 Å². The van der Waals surface area contributed by atoms with Crippen molar-refractivity contribution in [2.24, 2.45) is 0 Å². The van der Waals surface area contributed by atoms with Gasteiger partial charge in [-0.3, -0.25) is 0 Å². The number of nitrogens with zero attached hydrogens (tertiary/aromatic N) is 1. The fourth-order valence-electron chi connectivity index (χ4n) is 1.26. The standard InChI is InChI=1S/C8H16N.BrH/c1-4-7-9(2,3)8-5-6-8;/h4,8H,1,5-7H2,2-3H3;1H/q+1;/p-1. The number of likely N-dealkylation sites (N-methyl/N-ethyl adjacent to an activating group) is 1. The van der Waals surface area contributed by atoms with Gasteiger partial charge in [-0.05, 0) is 6.08 Å². The average molecular weight is 206 g/mol. The Morgan fingerprint density at radius 3 is 2.30 bits per heavy atom. The fraction of sp³-hybridized carbons (Fsp3) is 0.750. The van der Waals surface area contributed by atoms with Gasteiger partial charge in [0.05, 0.1) is 26.7 Å². The van der Waals surface area contributed by atoms with Crippen LogP contribution in [-0.4, -0.2) is 31.2 Å². The summed E-state index contributed by atoms with van der Waals surface area (Å²) in [4.78, 5) is 0. The van der Waals surface area contributed by atoms with Crippen molar-refractivity contribution in [3.05, 3.63) is 12.7 Å². The monoisotopic (exact) mass is 205 g/mol. The molecule has 0 heterocycles. The first-order valence-electron chi connectivity index (χ1n) is 3.60. The lowest BCUT2D eigenvalue weighted by atomic mass is 10.4. The molecule has 0 aliphatic heterocycles. The molecule has 0 unspecified atom stereocenters. The highest BCUT2D eigenvalue weighted by molar-refractivity contribution is 4.76. The molecule has 0 saturated heterocycles. The predicted molar refractivity (Wildman–Crippen MR) is 40.2 cm³/mol. The molecule has 0 spiro atoms. The summed E-state index contributed by atoms with van der Waals surface area (Å²) >= 11 is 0. The Kier molecular flexibility index (Phi) is 3.60. The Morgan fingerprint density at radius 1 is 1.50 bits per heavy atom. The van der Waals surface area contributed by atoms with Gasteiger partial charge in [-0.2, -0.15) is 0 Å². The summed E-state index contributed by atoms with van der Waals surface area (Å²) in [5, 5.41) is 0. The summed E-state index contributed by atoms with van der Waals surface area (Å²) in [5.41, 5.74) is 0. The van der Waals surface area contributed by atoms with Gasteiger partial charge in [0.25, 0.3) is 0 Å². The molecule has 0 aromatic carbocycles. The van der Waals surface area contributed by atoms with Crippen molar-refractivity contribution in [3.63, 3.8) is 0 Å². The van der Waals surface area contributed by atoms with Crippen LogP contribution in [0.2, 0.25) is 0 Å². The van der Waals surface area contributed by atoms with Gasteiger partial charge in [-0.25, -0.2) is 0 Å². The minimum absolute atomic E-state index is 0. The Morgan fingerprint density at radius 2 is 2.00 bits per heavy atom. The van der Waals surface area contributed by atoms with Crippen LogP contribution in [-0.2, 0) is 0 Å². The Balaban J connectivity index is 0.000000810. The molecule has 60 valence electrons. The summed E-state index contributed by atoms with van der Waals surface area (Å²) in [7, 11) is 4.55. The van der Waals surface area contributed by atoms with E-state index < -0.39 is 0 Å². The molecule has 1 fully saturated rings. The molecule has 1 rings (SSSR count). The second-order valence-electron chi connectivity index (χ2n) is 3.48. The summed E-state index contributed by atoms with van der Waals surface area (Å²) in [6.07, 6.45) is 4.85. The molecule has 0 radical (unpaired) electrons. The molecule has 1 aliphatic rings. The first-order chi connectivity index (χ1) is 4.17. The second kappa shape index (κ2) is 3.54. The van der Waals surface area contributed by atoms with Crippen LogP contribution in [0.15, 0.2) is 12.7 Å². The van der Waals surface area contributed by atoms with Gasteiger partial charge in [0.15, 0.2) is 0 Å². The lowest BCUT2D eigenvalue weighted by Gasteiger charge is -2.28. The van der Waals surface area contributed by atoms with Gasteiger partial charge in [-0.15, -0.1) is 0 Å². The van der Waals surface area contributed by atoms with E-state index in [2.05, 4.69) is 20.7 Å². The van der Waals surface area contributed by atoms with E-state index in [9.17, 15) is 0 Å². The SMILES string of the molecule is C=CC[N+](C)(C)C1CC1.[Br-]. The summed E-state index contributed by atoms with van der Waals surface area (Å²) < 4.78 is 1.14. The zero-order valence-electron chi connectivity index (χ0n) is 6.81. The van der Waals surface area contributed by atoms with Gasteiger partial charge in [-0.1, -0.05) is 6.58 Å². The molecule has 0 bridgehead atoms. The normalized spacial score (nSPS) is 17.8. The molecular formula is C8H16BrN. The van der Waals surface area contributed by atoms with Crippen LogP contribution in [0.5, 0.6) is 0 Å². The van der Waals surface area contributed by atoms with Gasteiger partial charge in [0, 0.05) is 12.8 Å². The first kappa shape index (κ1) is 10.2. The van der Waals surface area contributed by atoms with E-state index in [1.807, 2.05) is 6.08 Å². The third-order valence-electron chi connectivity index (χ3n) is 2.14. The van der Waals surface area contributed by atoms with Crippen LogP contribution in [0.4, 0.5) is 0 Å². The first-order valence-corrected chi connectivity index (χ1v) is 3.60. The third-order valence-corrected chi connectivity index (χ3v) is 2.14. The van der Waals surface area contributed by atoms with E-state index in [0.717, 1.165) is 17.1 Å². The van der Waals surface area contributed by atoms with Crippen molar-refractivity contribution in [3.8, 4) is 0 Å². The number of hydrogen-bond acceptors (Lipinski definition) is 0. The molecular weight excluding hydrogens is 190 g/mol. The summed E-state index contributed by atoms with van der Waals surface area (Å²) in [6.45, 7) is 4.86. The zero-order valence-corrected chi connectivity index (χ0v) is 8.39. The van der Waals surface area contributed by atoms with Crippen LogP contribution >= 0.6 is 0 Å². The van der Waals surface area contributed by atoms with Gasteiger partial charge in [0.1, 0.15) is 0 Å². The van der Waals surface area contributed by atoms with Crippen molar-refractivity contribution in [1.82, 2.24) is 0 Å². The van der Waals surface area contributed by atoms with Crippen molar-refractivity contribution >= 4 is 0 Å². The summed E-state index contributed by atoms with van der Waals surface area (Å²) in [5.74, 6) is 0. The largest absolute Gasteiger partial charge is 1.00 e. The van der Waals surface area contributed by atoms with E-state index in [0.29, 0.717) is 0 Å². The van der Waals surface area contributed by atoms with E-state index in [4.69, 9.17) is 0 Å². The number of halogens is 1. The summed E-state index contributed by atoms with van der Waals surface area (Å²) in [6, 6.07) is 0.933. The van der Waals surface area contributed by atoms with Crippen molar-refractivity contribution < 1.29 is 21.5 Å². The van der Waals surface area contributed by atoms with E-state index >= 15 is 0 Å². The molecule has 0 atom stereocenters. The lowest BCUT2D eigenvalue weighted by Crippen LogP contribution is -3.00. The van der Waals surface area contributed by atoms with Gasteiger partial charge >= 0.3 is 0 Å². The highest BCUT2D eigenvalue weighted by Crippen LogP contribution is 2.30.